The molecule has 0 saturated heterocycles. The van der Waals surface area contributed by atoms with E-state index >= 15 is 0 Å². The number of anilines is 1. The van der Waals surface area contributed by atoms with Crippen LogP contribution in [0.3, 0.4) is 0 Å². The molecule has 1 nitrogen and oxygen atoms in total. The molecule has 1 aromatic carbocycles. The molecule has 0 saturated carbocycles. The standard InChI is InChI=1S/C15H22BrN.C2H6/c1-13(2)9-7-11(16)12(17)8-10(9)14(3,4)15(13,5)6;1-2/h7-8H,17H2,1-6H3;1-2H3. The lowest BCUT2D eigenvalue weighted by molar-refractivity contribution is 0.125. The molecule has 1 aliphatic rings. The summed E-state index contributed by atoms with van der Waals surface area (Å²) in [7, 11) is 0. The maximum Gasteiger partial charge on any atom is 0.0461 e. The molecule has 0 spiro atoms. The Hall–Kier alpha value is -0.500. The Morgan fingerprint density at radius 1 is 0.842 bits per heavy atom. The zero-order valence-electron chi connectivity index (χ0n) is 13.6. The third-order valence-electron chi connectivity index (χ3n) is 5.61. The summed E-state index contributed by atoms with van der Waals surface area (Å²) >= 11 is 3.55. The van der Waals surface area contributed by atoms with Crippen LogP contribution in [0.2, 0.25) is 0 Å². The van der Waals surface area contributed by atoms with Crippen molar-refractivity contribution in [3.05, 3.63) is 27.7 Å². The average molecular weight is 326 g/mol. The monoisotopic (exact) mass is 325 g/mol. The normalized spacial score (nSPS) is 21.3. The fourth-order valence-electron chi connectivity index (χ4n) is 3.08. The fourth-order valence-corrected chi connectivity index (χ4v) is 3.42. The molecule has 0 unspecified atom stereocenters. The predicted molar refractivity (Wildman–Crippen MR) is 89.7 cm³/mol. The molecule has 1 aromatic rings. The van der Waals surface area contributed by atoms with Gasteiger partial charge < -0.3 is 5.73 Å². The summed E-state index contributed by atoms with van der Waals surface area (Å²) in [5.74, 6) is 0. The molecule has 0 aliphatic heterocycles. The molecule has 0 atom stereocenters. The van der Waals surface area contributed by atoms with E-state index in [-0.39, 0.29) is 16.2 Å². The fraction of sp³-hybridized carbons (Fsp3) is 0.647. The van der Waals surface area contributed by atoms with Crippen LogP contribution in [0.1, 0.15) is 66.5 Å². The van der Waals surface area contributed by atoms with Crippen molar-refractivity contribution in [2.24, 2.45) is 5.41 Å². The van der Waals surface area contributed by atoms with Gasteiger partial charge in [0.2, 0.25) is 0 Å². The molecule has 0 amide bonds. The highest BCUT2D eigenvalue weighted by Gasteiger charge is 2.56. The van der Waals surface area contributed by atoms with Crippen LogP contribution < -0.4 is 5.73 Å². The van der Waals surface area contributed by atoms with Gasteiger partial charge >= 0.3 is 0 Å². The number of nitrogens with two attached hydrogens (primary N) is 1. The summed E-state index contributed by atoms with van der Waals surface area (Å²) in [6, 6.07) is 4.36. The largest absolute Gasteiger partial charge is 0.398 e. The van der Waals surface area contributed by atoms with Gasteiger partial charge in [-0.25, -0.2) is 0 Å². The number of benzene rings is 1. The zero-order valence-corrected chi connectivity index (χ0v) is 15.2. The number of rotatable bonds is 0. The first-order chi connectivity index (χ1) is 8.53. The summed E-state index contributed by atoms with van der Waals surface area (Å²) < 4.78 is 1.01. The van der Waals surface area contributed by atoms with Crippen LogP contribution in [0.25, 0.3) is 0 Å². The summed E-state index contributed by atoms with van der Waals surface area (Å²) in [6.07, 6.45) is 0. The maximum absolute atomic E-state index is 6.04. The molecule has 0 heterocycles. The molecule has 108 valence electrons. The highest BCUT2D eigenvalue weighted by atomic mass is 79.9. The van der Waals surface area contributed by atoms with Gasteiger partial charge in [-0.05, 0) is 55.4 Å². The molecule has 19 heavy (non-hydrogen) atoms. The summed E-state index contributed by atoms with van der Waals surface area (Å²) in [5, 5.41) is 0. The van der Waals surface area contributed by atoms with Crippen molar-refractivity contribution >= 4 is 21.6 Å². The molecular weight excluding hydrogens is 298 g/mol. The van der Waals surface area contributed by atoms with Crippen LogP contribution in [-0.4, -0.2) is 0 Å². The Morgan fingerprint density at radius 3 is 1.63 bits per heavy atom. The number of fused-ring (bicyclic) bond motifs is 1. The van der Waals surface area contributed by atoms with Crippen LogP contribution in [0, 0.1) is 5.41 Å². The molecule has 0 bridgehead atoms. The second-order valence-electron chi connectivity index (χ2n) is 6.79. The molecule has 2 N–H and O–H groups in total. The minimum absolute atomic E-state index is 0.140. The van der Waals surface area contributed by atoms with Crippen LogP contribution in [0.5, 0.6) is 0 Å². The van der Waals surface area contributed by atoms with Gasteiger partial charge in [-0.15, -0.1) is 0 Å². The van der Waals surface area contributed by atoms with Crippen molar-refractivity contribution in [1.82, 2.24) is 0 Å². The van der Waals surface area contributed by atoms with E-state index in [2.05, 4.69) is 69.6 Å². The van der Waals surface area contributed by atoms with Gasteiger partial charge in [-0.2, -0.15) is 0 Å². The highest BCUT2D eigenvalue weighted by Crippen LogP contribution is 2.62. The minimum Gasteiger partial charge on any atom is -0.398 e. The third-order valence-corrected chi connectivity index (χ3v) is 6.30. The molecule has 0 aromatic heterocycles. The van der Waals surface area contributed by atoms with Crippen LogP contribution in [0.15, 0.2) is 16.6 Å². The molecule has 1 aliphatic carbocycles. The van der Waals surface area contributed by atoms with Gasteiger partial charge in [0.1, 0.15) is 0 Å². The molecule has 0 radical (unpaired) electrons. The maximum atomic E-state index is 6.04. The minimum atomic E-state index is 0.140. The molecule has 2 rings (SSSR count). The predicted octanol–water partition coefficient (Wildman–Crippen LogP) is 5.65. The third kappa shape index (κ3) is 2.03. The van der Waals surface area contributed by atoms with E-state index in [1.165, 1.54) is 11.1 Å². The number of nitrogen functional groups attached to an aromatic ring is 1. The lowest BCUT2D eigenvalue weighted by atomic mass is 9.59. The lowest BCUT2D eigenvalue weighted by Crippen LogP contribution is -2.42. The van der Waals surface area contributed by atoms with Crippen LogP contribution in [0.4, 0.5) is 5.69 Å². The molecule has 2 heteroatoms. The van der Waals surface area contributed by atoms with Crippen molar-refractivity contribution in [3.8, 4) is 0 Å². The van der Waals surface area contributed by atoms with Crippen molar-refractivity contribution < 1.29 is 0 Å². The topological polar surface area (TPSA) is 26.0 Å². The average Bonchev–Trinajstić information content (AvgIpc) is 2.41. The van der Waals surface area contributed by atoms with Gasteiger partial charge in [-0.3, -0.25) is 0 Å². The van der Waals surface area contributed by atoms with Crippen molar-refractivity contribution in [2.75, 3.05) is 5.73 Å². The van der Waals surface area contributed by atoms with Gasteiger partial charge in [0.15, 0.2) is 0 Å². The summed E-state index contributed by atoms with van der Waals surface area (Å²) in [5.41, 5.74) is 10.2. The SMILES string of the molecule is CC.CC1(C)c2cc(N)c(Br)cc2C(C)(C)C1(C)C. The molecule has 0 fully saturated rings. The van der Waals surface area contributed by atoms with Crippen LogP contribution in [-0.2, 0) is 10.8 Å². The van der Waals surface area contributed by atoms with Gasteiger partial charge in [-0.1, -0.05) is 55.4 Å². The zero-order chi connectivity index (χ0) is 15.2. The molecular formula is C17H28BrN. The van der Waals surface area contributed by atoms with E-state index in [1.54, 1.807) is 0 Å². The Bertz CT molecular complexity index is 441. The summed E-state index contributed by atoms with van der Waals surface area (Å²) in [6.45, 7) is 18.0. The Labute approximate surface area is 127 Å². The van der Waals surface area contributed by atoms with E-state index < -0.39 is 0 Å². The Balaban J connectivity index is 0.000000861. The summed E-state index contributed by atoms with van der Waals surface area (Å²) in [4.78, 5) is 0. The second-order valence-corrected chi connectivity index (χ2v) is 7.65. The van der Waals surface area contributed by atoms with Crippen LogP contribution >= 0.6 is 15.9 Å². The first-order valence-electron chi connectivity index (χ1n) is 7.13. The van der Waals surface area contributed by atoms with E-state index in [0.29, 0.717) is 0 Å². The van der Waals surface area contributed by atoms with Crippen molar-refractivity contribution in [2.45, 2.75) is 66.2 Å². The Morgan fingerprint density at radius 2 is 1.21 bits per heavy atom. The first kappa shape index (κ1) is 16.6. The number of halogens is 1. The number of hydrogen-bond acceptors (Lipinski definition) is 1. The highest BCUT2D eigenvalue weighted by molar-refractivity contribution is 9.10. The smallest absolute Gasteiger partial charge is 0.0461 e. The second kappa shape index (κ2) is 4.80. The van der Waals surface area contributed by atoms with Gasteiger partial charge in [0.05, 0.1) is 0 Å². The van der Waals surface area contributed by atoms with Gasteiger partial charge in [0, 0.05) is 10.2 Å². The van der Waals surface area contributed by atoms with E-state index in [4.69, 9.17) is 5.73 Å². The van der Waals surface area contributed by atoms with Crippen molar-refractivity contribution in [1.29, 1.82) is 0 Å². The first-order valence-corrected chi connectivity index (χ1v) is 7.93. The van der Waals surface area contributed by atoms with Gasteiger partial charge in [0.25, 0.3) is 0 Å². The van der Waals surface area contributed by atoms with Crippen molar-refractivity contribution in [3.63, 3.8) is 0 Å². The number of hydrogen-bond donors (Lipinski definition) is 1. The van der Waals surface area contributed by atoms with E-state index in [0.717, 1.165) is 10.2 Å². The lowest BCUT2D eigenvalue weighted by Gasteiger charge is -2.44. The Kier molecular flexibility index (Phi) is 4.18. The van der Waals surface area contributed by atoms with E-state index in [1.807, 2.05) is 13.8 Å². The quantitative estimate of drug-likeness (QED) is 0.612. The van der Waals surface area contributed by atoms with E-state index in [9.17, 15) is 0 Å².